The lowest BCUT2D eigenvalue weighted by Gasteiger charge is -2.20. The third-order valence-corrected chi connectivity index (χ3v) is 2.78. The summed E-state index contributed by atoms with van der Waals surface area (Å²) in [7, 11) is 3.87. The van der Waals surface area contributed by atoms with Gasteiger partial charge in [-0.1, -0.05) is 18.2 Å². The number of guanidine groups is 1. The quantitative estimate of drug-likeness (QED) is 0.373. The molecule has 1 heterocycles. The molecular formula is C13H18N6. The van der Waals surface area contributed by atoms with Crippen molar-refractivity contribution in [3.8, 4) is 0 Å². The molecular weight excluding hydrogens is 240 g/mol. The molecule has 100 valence electrons. The van der Waals surface area contributed by atoms with Gasteiger partial charge < -0.3 is 9.47 Å². The number of nitrogens with one attached hydrogen (secondary N) is 1. The fraction of sp³-hybridized carbons (Fsp3) is 0.231. The van der Waals surface area contributed by atoms with Crippen molar-refractivity contribution in [3.05, 3.63) is 48.5 Å². The van der Waals surface area contributed by atoms with E-state index in [0.717, 1.165) is 11.5 Å². The molecule has 19 heavy (non-hydrogen) atoms. The number of benzene rings is 1. The van der Waals surface area contributed by atoms with Crippen LogP contribution in [0.1, 0.15) is 5.82 Å². The van der Waals surface area contributed by atoms with Gasteiger partial charge in [-0.3, -0.25) is 5.43 Å². The number of nitrogens with two attached hydrogens (primary N) is 1. The van der Waals surface area contributed by atoms with E-state index in [-0.39, 0.29) is 0 Å². The molecule has 3 N–H and O–H groups in total. The molecule has 1 aromatic heterocycles. The van der Waals surface area contributed by atoms with Crippen LogP contribution in [0.2, 0.25) is 0 Å². The zero-order valence-electron chi connectivity index (χ0n) is 11.1. The van der Waals surface area contributed by atoms with Crippen LogP contribution in [0.4, 0.5) is 5.69 Å². The van der Waals surface area contributed by atoms with Crippen molar-refractivity contribution in [2.75, 3.05) is 7.05 Å². The first-order valence-electron chi connectivity index (χ1n) is 5.98. The molecule has 6 heteroatoms. The van der Waals surface area contributed by atoms with Crippen LogP contribution in [0, 0.1) is 0 Å². The van der Waals surface area contributed by atoms with E-state index in [1.54, 1.807) is 6.20 Å². The number of aromatic nitrogens is 2. The number of rotatable bonds is 3. The lowest BCUT2D eigenvalue weighted by Crippen LogP contribution is -2.42. The maximum atomic E-state index is 5.54. The zero-order chi connectivity index (χ0) is 13.7. The minimum Gasteiger partial charge on any atom is -0.337 e. The van der Waals surface area contributed by atoms with Gasteiger partial charge in [-0.2, -0.15) is 0 Å². The Bertz CT molecular complexity index is 545. The van der Waals surface area contributed by atoms with E-state index in [1.807, 2.05) is 60.1 Å². The average Bonchev–Trinajstić information content (AvgIpc) is 2.82. The molecule has 0 bridgehead atoms. The fourth-order valence-electron chi connectivity index (χ4n) is 1.69. The van der Waals surface area contributed by atoms with E-state index in [0.29, 0.717) is 12.5 Å². The third-order valence-electron chi connectivity index (χ3n) is 2.78. The van der Waals surface area contributed by atoms with Crippen LogP contribution in [0.5, 0.6) is 0 Å². The van der Waals surface area contributed by atoms with Gasteiger partial charge in [-0.25, -0.2) is 15.8 Å². The normalized spacial score (nSPS) is 11.4. The number of imidazole rings is 1. The molecule has 0 radical (unpaired) electrons. The van der Waals surface area contributed by atoms with Crippen molar-refractivity contribution in [2.45, 2.75) is 6.54 Å². The summed E-state index contributed by atoms with van der Waals surface area (Å²) in [6, 6.07) is 9.67. The Hall–Kier alpha value is -2.34. The summed E-state index contributed by atoms with van der Waals surface area (Å²) in [5.74, 6) is 7.07. The number of hydrogen-bond donors (Lipinski definition) is 2. The summed E-state index contributed by atoms with van der Waals surface area (Å²) in [5.41, 5.74) is 3.47. The van der Waals surface area contributed by atoms with Crippen molar-refractivity contribution in [2.24, 2.45) is 17.9 Å². The molecule has 2 aromatic rings. The van der Waals surface area contributed by atoms with Crippen molar-refractivity contribution in [3.63, 3.8) is 0 Å². The molecule has 0 aliphatic carbocycles. The smallest absolute Gasteiger partial charge is 0.213 e. The molecule has 2 rings (SSSR count). The second-order valence-electron chi connectivity index (χ2n) is 4.23. The van der Waals surface area contributed by atoms with Crippen LogP contribution in [-0.4, -0.2) is 27.5 Å². The summed E-state index contributed by atoms with van der Waals surface area (Å²) >= 11 is 0. The Morgan fingerprint density at radius 2 is 2.16 bits per heavy atom. The van der Waals surface area contributed by atoms with Gasteiger partial charge in [-0.05, 0) is 12.1 Å². The molecule has 0 atom stereocenters. The van der Waals surface area contributed by atoms with E-state index >= 15 is 0 Å². The van der Waals surface area contributed by atoms with Gasteiger partial charge in [0.05, 0.1) is 12.2 Å². The number of para-hydroxylation sites is 1. The van der Waals surface area contributed by atoms with Crippen LogP contribution in [0.15, 0.2) is 47.7 Å². The second kappa shape index (κ2) is 6.01. The summed E-state index contributed by atoms with van der Waals surface area (Å²) in [4.78, 5) is 10.6. The van der Waals surface area contributed by atoms with Gasteiger partial charge in [0.25, 0.3) is 0 Å². The van der Waals surface area contributed by atoms with Crippen LogP contribution >= 0.6 is 0 Å². The molecule has 0 unspecified atom stereocenters. The summed E-state index contributed by atoms with van der Waals surface area (Å²) in [5, 5.41) is 0. The van der Waals surface area contributed by atoms with Gasteiger partial charge in [0.15, 0.2) is 0 Å². The van der Waals surface area contributed by atoms with Crippen molar-refractivity contribution in [1.29, 1.82) is 0 Å². The topological polar surface area (TPSA) is 71.5 Å². The number of aryl methyl sites for hydroxylation is 1. The van der Waals surface area contributed by atoms with Crippen LogP contribution in [0.3, 0.4) is 0 Å². The maximum Gasteiger partial charge on any atom is 0.213 e. The highest BCUT2D eigenvalue weighted by Crippen LogP contribution is 2.10. The molecule has 0 spiro atoms. The van der Waals surface area contributed by atoms with Crippen LogP contribution in [0.25, 0.3) is 0 Å². The largest absolute Gasteiger partial charge is 0.337 e. The Morgan fingerprint density at radius 3 is 2.74 bits per heavy atom. The first-order chi connectivity index (χ1) is 9.20. The fourth-order valence-corrected chi connectivity index (χ4v) is 1.69. The summed E-state index contributed by atoms with van der Waals surface area (Å²) in [6.45, 7) is 0.624. The lowest BCUT2D eigenvalue weighted by molar-refractivity contribution is 0.456. The zero-order valence-corrected chi connectivity index (χ0v) is 11.1. The average molecular weight is 258 g/mol. The van der Waals surface area contributed by atoms with Gasteiger partial charge in [0.1, 0.15) is 5.82 Å². The molecule has 0 fully saturated rings. The van der Waals surface area contributed by atoms with Gasteiger partial charge in [-0.15, -0.1) is 0 Å². The van der Waals surface area contributed by atoms with E-state index in [4.69, 9.17) is 5.84 Å². The number of hydrogen-bond acceptors (Lipinski definition) is 3. The Labute approximate surface area is 112 Å². The Balaban J connectivity index is 2.13. The number of nitrogens with zero attached hydrogens (tertiary/aromatic N) is 4. The first kappa shape index (κ1) is 13.1. The number of aliphatic imine (C=N–C) groups is 1. The standard InChI is InChI=1S/C13H18N6/c1-18-9-8-15-12(18)10-19(2)13(17-14)16-11-6-4-3-5-7-11/h3-9H,10,14H2,1-2H3,(H,16,17). The highest BCUT2D eigenvalue weighted by atomic mass is 15.4. The second-order valence-corrected chi connectivity index (χ2v) is 4.23. The van der Waals surface area contributed by atoms with E-state index in [2.05, 4.69) is 15.4 Å². The molecule has 1 aromatic carbocycles. The monoisotopic (exact) mass is 258 g/mol. The summed E-state index contributed by atoms with van der Waals surface area (Å²) in [6.07, 6.45) is 3.68. The predicted octanol–water partition coefficient (Wildman–Crippen LogP) is 1.00. The lowest BCUT2D eigenvalue weighted by atomic mass is 10.3. The van der Waals surface area contributed by atoms with Crippen molar-refractivity contribution >= 4 is 11.6 Å². The minimum atomic E-state index is 0.592. The molecule has 0 saturated heterocycles. The first-order valence-corrected chi connectivity index (χ1v) is 5.98. The molecule has 0 amide bonds. The van der Waals surface area contributed by atoms with Crippen LogP contribution in [-0.2, 0) is 13.6 Å². The maximum absolute atomic E-state index is 5.54. The molecule has 6 nitrogen and oxygen atoms in total. The Morgan fingerprint density at radius 1 is 1.42 bits per heavy atom. The van der Waals surface area contributed by atoms with Crippen molar-refractivity contribution < 1.29 is 0 Å². The van der Waals surface area contributed by atoms with E-state index in [9.17, 15) is 0 Å². The van der Waals surface area contributed by atoms with Crippen LogP contribution < -0.4 is 11.3 Å². The molecule has 0 aliphatic heterocycles. The minimum absolute atomic E-state index is 0.592. The molecule has 0 aliphatic rings. The molecule has 0 saturated carbocycles. The van der Waals surface area contributed by atoms with E-state index < -0.39 is 0 Å². The van der Waals surface area contributed by atoms with E-state index in [1.165, 1.54) is 0 Å². The van der Waals surface area contributed by atoms with Gasteiger partial charge >= 0.3 is 0 Å². The van der Waals surface area contributed by atoms with Gasteiger partial charge in [0.2, 0.25) is 5.96 Å². The SMILES string of the molecule is CN(Cc1nccn1C)C(=Nc1ccccc1)NN. The highest BCUT2D eigenvalue weighted by molar-refractivity contribution is 5.81. The van der Waals surface area contributed by atoms with Crippen molar-refractivity contribution in [1.82, 2.24) is 19.9 Å². The predicted molar refractivity (Wildman–Crippen MR) is 75.5 cm³/mol. The number of hydrazine groups is 1. The summed E-state index contributed by atoms with van der Waals surface area (Å²) < 4.78 is 1.97. The van der Waals surface area contributed by atoms with Gasteiger partial charge in [0, 0.05) is 26.5 Å². The Kier molecular flexibility index (Phi) is 4.15. The third kappa shape index (κ3) is 3.32. The highest BCUT2D eigenvalue weighted by Gasteiger charge is 2.08.